The third-order valence-corrected chi connectivity index (χ3v) is 3.66. The second-order valence-corrected chi connectivity index (χ2v) is 5.58. The van der Waals surface area contributed by atoms with Gasteiger partial charge in [-0.3, -0.25) is 10.1 Å². The molecule has 1 aliphatic heterocycles. The first-order valence-electron chi connectivity index (χ1n) is 5.71. The summed E-state index contributed by atoms with van der Waals surface area (Å²) >= 11 is 1.49. The molecule has 0 aliphatic carbocycles. The molecule has 2 heterocycles. The van der Waals surface area contributed by atoms with Gasteiger partial charge in [-0.15, -0.1) is 11.3 Å². The number of thiazole rings is 1. The van der Waals surface area contributed by atoms with E-state index in [1.807, 2.05) is 12.3 Å². The van der Waals surface area contributed by atoms with Crippen molar-refractivity contribution in [3.05, 3.63) is 16.1 Å². The molecule has 4 nitrogen and oxygen atoms in total. The number of aryl methyl sites for hydroxylation is 1. The van der Waals surface area contributed by atoms with Crippen molar-refractivity contribution in [3.63, 3.8) is 0 Å². The minimum atomic E-state index is -2.79. The molecule has 0 radical (unpaired) electrons. The molecule has 1 fully saturated rings. The summed E-state index contributed by atoms with van der Waals surface area (Å²) in [7, 11) is 0. The Hall–Kier alpha value is -1.08. The highest BCUT2D eigenvalue weighted by Crippen LogP contribution is 2.25. The van der Waals surface area contributed by atoms with E-state index in [1.165, 1.54) is 11.3 Å². The van der Waals surface area contributed by atoms with Crippen LogP contribution in [0.2, 0.25) is 0 Å². The lowest BCUT2D eigenvalue weighted by Gasteiger charge is -2.15. The van der Waals surface area contributed by atoms with E-state index in [0.717, 1.165) is 10.7 Å². The first kappa shape index (κ1) is 13.4. The van der Waals surface area contributed by atoms with Gasteiger partial charge in [0.1, 0.15) is 0 Å². The van der Waals surface area contributed by atoms with Crippen LogP contribution in [0.3, 0.4) is 0 Å². The lowest BCUT2D eigenvalue weighted by Crippen LogP contribution is -2.41. The Morgan fingerprint density at radius 1 is 1.72 bits per heavy atom. The van der Waals surface area contributed by atoms with Crippen LogP contribution < -0.4 is 10.6 Å². The van der Waals surface area contributed by atoms with Gasteiger partial charge in [0.15, 0.2) is 0 Å². The number of hydrogen-bond donors (Lipinski definition) is 2. The Kier molecular flexibility index (Phi) is 3.63. The molecular weight excluding hydrogens is 260 g/mol. The molecule has 0 aromatic carbocycles. The van der Waals surface area contributed by atoms with E-state index in [9.17, 15) is 13.6 Å². The van der Waals surface area contributed by atoms with Gasteiger partial charge in [0.05, 0.1) is 29.3 Å². The number of amides is 1. The fourth-order valence-electron chi connectivity index (χ4n) is 1.87. The van der Waals surface area contributed by atoms with E-state index in [2.05, 4.69) is 15.6 Å². The summed E-state index contributed by atoms with van der Waals surface area (Å²) in [6.07, 6.45) is -0.443. The van der Waals surface area contributed by atoms with Crippen LogP contribution in [0, 0.1) is 6.92 Å². The molecule has 2 N–H and O–H groups in total. The standard InChI is InChI=1S/C11H15F2N3OS/c1-6(9-4-18-7(2)16-9)15-10(17)8-3-11(12,13)5-14-8/h4,6,8,14H,3,5H2,1-2H3,(H,15,17). The molecule has 0 saturated carbocycles. The maximum absolute atomic E-state index is 13.0. The Bertz CT molecular complexity index is 449. The molecule has 1 amide bonds. The van der Waals surface area contributed by atoms with E-state index in [1.54, 1.807) is 6.92 Å². The summed E-state index contributed by atoms with van der Waals surface area (Å²) in [5.74, 6) is -3.19. The van der Waals surface area contributed by atoms with Crippen LogP contribution in [0.25, 0.3) is 0 Å². The average Bonchev–Trinajstić information content (AvgIpc) is 2.84. The number of halogens is 2. The lowest BCUT2D eigenvalue weighted by atomic mass is 10.1. The smallest absolute Gasteiger partial charge is 0.262 e. The van der Waals surface area contributed by atoms with Gasteiger partial charge in [0.25, 0.3) is 5.92 Å². The van der Waals surface area contributed by atoms with Gasteiger partial charge in [-0.25, -0.2) is 13.8 Å². The van der Waals surface area contributed by atoms with Crippen molar-refractivity contribution >= 4 is 17.2 Å². The van der Waals surface area contributed by atoms with Crippen molar-refractivity contribution < 1.29 is 13.6 Å². The van der Waals surface area contributed by atoms with Crippen LogP contribution in [-0.4, -0.2) is 29.4 Å². The topological polar surface area (TPSA) is 54.0 Å². The zero-order valence-corrected chi connectivity index (χ0v) is 11.0. The van der Waals surface area contributed by atoms with Gasteiger partial charge < -0.3 is 5.32 Å². The van der Waals surface area contributed by atoms with Crippen molar-refractivity contribution in [2.75, 3.05) is 6.54 Å². The fourth-order valence-corrected chi connectivity index (χ4v) is 2.57. The van der Waals surface area contributed by atoms with Gasteiger partial charge in [-0.1, -0.05) is 0 Å². The van der Waals surface area contributed by atoms with Crippen molar-refractivity contribution in [2.45, 2.75) is 38.3 Å². The molecule has 0 spiro atoms. The van der Waals surface area contributed by atoms with E-state index in [0.29, 0.717) is 0 Å². The van der Waals surface area contributed by atoms with Crippen LogP contribution in [-0.2, 0) is 4.79 Å². The Morgan fingerprint density at radius 3 is 2.94 bits per heavy atom. The molecule has 7 heteroatoms. The summed E-state index contributed by atoms with van der Waals surface area (Å²) in [4.78, 5) is 16.0. The zero-order valence-electron chi connectivity index (χ0n) is 10.2. The van der Waals surface area contributed by atoms with Crippen LogP contribution in [0.1, 0.15) is 30.1 Å². The molecule has 1 aromatic rings. The number of nitrogens with one attached hydrogen (secondary N) is 2. The highest BCUT2D eigenvalue weighted by Gasteiger charge is 2.42. The summed E-state index contributed by atoms with van der Waals surface area (Å²) < 4.78 is 25.9. The predicted octanol–water partition coefficient (Wildman–Crippen LogP) is 1.63. The molecule has 1 saturated heterocycles. The van der Waals surface area contributed by atoms with Crippen LogP contribution in [0.5, 0.6) is 0 Å². The van der Waals surface area contributed by atoms with Crippen molar-refractivity contribution in [2.24, 2.45) is 0 Å². The summed E-state index contributed by atoms with van der Waals surface area (Å²) in [5, 5.41) is 8.00. The van der Waals surface area contributed by atoms with E-state index < -0.39 is 30.8 Å². The molecular formula is C11H15F2N3OS. The maximum atomic E-state index is 13.0. The molecule has 100 valence electrons. The molecule has 1 aliphatic rings. The molecule has 0 bridgehead atoms. The molecule has 1 aromatic heterocycles. The predicted molar refractivity (Wildman–Crippen MR) is 64.8 cm³/mol. The Balaban J connectivity index is 1.92. The minimum Gasteiger partial charge on any atom is -0.347 e. The highest BCUT2D eigenvalue weighted by atomic mass is 32.1. The Morgan fingerprint density at radius 2 is 2.44 bits per heavy atom. The van der Waals surface area contributed by atoms with Crippen LogP contribution in [0.15, 0.2) is 5.38 Å². The average molecular weight is 275 g/mol. The van der Waals surface area contributed by atoms with Gasteiger partial charge in [0.2, 0.25) is 5.91 Å². The largest absolute Gasteiger partial charge is 0.347 e. The first-order valence-corrected chi connectivity index (χ1v) is 6.59. The summed E-state index contributed by atoms with van der Waals surface area (Å²) in [5.41, 5.74) is 0.760. The number of nitrogens with zero attached hydrogens (tertiary/aromatic N) is 1. The third kappa shape index (κ3) is 3.02. The van der Waals surface area contributed by atoms with Gasteiger partial charge in [-0.2, -0.15) is 0 Å². The normalized spacial score (nSPS) is 23.9. The number of carbonyl (C=O) groups is 1. The quantitative estimate of drug-likeness (QED) is 0.881. The van der Waals surface area contributed by atoms with Crippen LogP contribution >= 0.6 is 11.3 Å². The maximum Gasteiger partial charge on any atom is 0.262 e. The van der Waals surface area contributed by atoms with Crippen molar-refractivity contribution in [3.8, 4) is 0 Å². The van der Waals surface area contributed by atoms with Crippen LogP contribution in [0.4, 0.5) is 8.78 Å². The third-order valence-electron chi connectivity index (χ3n) is 2.87. The monoisotopic (exact) mass is 275 g/mol. The summed E-state index contributed by atoms with van der Waals surface area (Å²) in [6.45, 7) is 3.23. The molecule has 2 rings (SSSR count). The number of alkyl halides is 2. The molecule has 18 heavy (non-hydrogen) atoms. The summed E-state index contributed by atoms with van der Waals surface area (Å²) in [6, 6.07) is -1.08. The zero-order chi connectivity index (χ0) is 13.3. The lowest BCUT2D eigenvalue weighted by molar-refractivity contribution is -0.124. The van der Waals surface area contributed by atoms with E-state index in [4.69, 9.17) is 0 Å². The highest BCUT2D eigenvalue weighted by molar-refractivity contribution is 7.09. The second kappa shape index (κ2) is 4.89. The Labute approximate surface area is 108 Å². The van der Waals surface area contributed by atoms with Gasteiger partial charge in [-0.05, 0) is 13.8 Å². The molecule has 2 unspecified atom stereocenters. The van der Waals surface area contributed by atoms with Crippen molar-refractivity contribution in [1.82, 2.24) is 15.6 Å². The van der Waals surface area contributed by atoms with E-state index >= 15 is 0 Å². The van der Waals surface area contributed by atoms with E-state index in [-0.39, 0.29) is 6.04 Å². The fraction of sp³-hybridized carbons (Fsp3) is 0.636. The first-order chi connectivity index (χ1) is 8.37. The number of aromatic nitrogens is 1. The molecule has 2 atom stereocenters. The number of rotatable bonds is 3. The minimum absolute atomic E-state index is 0.265. The van der Waals surface area contributed by atoms with Gasteiger partial charge >= 0.3 is 0 Å². The number of hydrogen-bond acceptors (Lipinski definition) is 4. The van der Waals surface area contributed by atoms with Crippen molar-refractivity contribution in [1.29, 1.82) is 0 Å². The van der Waals surface area contributed by atoms with Gasteiger partial charge in [0, 0.05) is 11.8 Å². The number of carbonyl (C=O) groups excluding carboxylic acids is 1. The second-order valence-electron chi connectivity index (χ2n) is 4.52. The SMILES string of the molecule is Cc1nc(C(C)NC(=O)C2CC(F)(F)CN2)cs1.